The van der Waals surface area contributed by atoms with E-state index in [1.807, 2.05) is 0 Å². The third-order valence-corrected chi connectivity index (χ3v) is 2.49. The molecule has 0 spiro atoms. The summed E-state index contributed by atoms with van der Waals surface area (Å²) in [7, 11) is 1.35. The average molecular weight is 224 g/mol. The van der Waals surface area contributed by atoms with E-state index in [0.717, 1.165) is 24.8 Å². The Hall–Kier alpha value is -1.38. The van der Waals surface area contributed by atoms with Gasteiger partial charge in [0.1, 0.15) is 5.82 Å². The van der Waals surface area contributed by atoms with Gasteiger partial charge in [-0.25, -0.2) is 4.39 Å². The van der Waals surface area contributed by atoms with Crippen LogP contribution in [0.1, 0.15) is 30.9 Å². The summed E-state index contributed by atoms with van der Waals surface area (Å²) in [4.78, 5) is 11.1. The quantitative estimate of drug-likeness (QED) is 0.719. The molecular weight excluding hydrogens is 207 g/mol. The van der Waals surface area contributed by atoms with Crippen LogP contribution in [0.4, 0.5) is 4.39 Å². The summed E-state index contributed by atoms with van der Waals surface area (Å²) >= 11 is 0. The highest BCUT2D eigenvalue weighted by atomic mass is 19.1. The Morgan fingerprint density at radius 1 is 1.44 bits per heavy atom. The van der Waals surface area contributed by atoms with Crippen LogP contribution in [-0.4, -0.2) is 13.1 Å². The fourth-order valence-corrected chi connectivity index (χ4v) is 1.54. The van der Waals surface area contributed by atoms with Crippen molar-refractivity contribution in [2.24, 2.45) is 0 Å². The molecule has 3 heteroatoms. The van der Waals surface area contributed by atoms with Gasteiger partial charge in [-0.1, -0.05) is 25.5 Å². The minimum absolute atomic E-state index is 0.193. The number of benzene rings is 1. The van der Waals surface area contributed by atoms with E-state index in [1.54, 1.807) is 12.1 Å². The van der Waals surface area contributed by atoms with Gasteiger partial charge in [-0.2, -0.15) is 0 Å². The van der Waals surface area contributed by atoms with Crippen LogP contribution in [0.15, 0.2) is 18.2 Å². The second-order valence-corrected chi connectivity index (χ2v) is 3.78. The molecule has 0 saturated heterocycles. The van der Waals surface area contributed by atoms with E-state index in [9.17, 15) is 9.18 Å². The van der Waals surface area contributed by atoms with Crippen LogP contribution in [0, 0.1) is 5.82 Å². The summed E-state index contributed by atoms with van der Waals surface area (Å²) in [5.41, 5.74) is 1.49. The lowest BCUT2D eigenvalue weighted by Crippen LogP contribution is -2.05. The zero-order valence-electron chi connectivity index (χ0n) is 9.75. The number of esters is 1. The lowest BCUT2D eigenvalue weighted by Gasteiger charge is -2.05. The number of methoxy groups -OCH3 is 1. The van der Waals surface area contributed by atoms with Crippen LogP contribution in [-0.2, 0) is 22.4 Å². The second-order valence-electron chi connectivity index (χ2n) is 3.78. The zero-order chi connectivity index (χ0) is 12.0. The van der Waals surface area contributed by atoms with Gasteiger partial charge >= 0.3 is 5.97 Å². The molecule has 0 amide bonds. The van der Waals surface area contributed by atoms with E-state index in [4.69, 9.17) is 0 Å². The molecular formula is C13H17FO2. The first-order valence-corrected chi connectivity index (χ1v) is 5.51. The number of ether oxygens (including phenoxy) is 1. The van der Waals surface area contributed by atoms with Crippen LogP contribution in [0.3, 0.4) is 0 Å². The van der Waals surface area contributed by atoms with Gasteiger partial charge in [0, 0.05) is 0 Å². The van der Waals surface area contributed by atoms with Crippen molar-refractivity contribution in [3.05, 3.63) is 35.1 Å². The van der Waals surface area contributed by atoms with E-state index >= 15 is 0 Å². The van der Waals surface area contributed by atoms with E-state index < -0.39 is 0 Å². The van der Waals surface area contributed by atoms with Gasteiger partial charge in [0.15, 0.2) is 0 Å². The molecule has 1 aromatic rings. The Morgan fingerprint density at radius 2 is 2.19 bits per heavy atom. The Morgan fingerprint density at radius 3 is 2.81 bits per heavy atom. The Kier molecular flexibility index (Phi) is 4.96. The predicted molar refractivity (Wildman–Crippen MR) is 60.7 cm³/mol. The molecule has 0 aliphatic carbocycles. The molecule has 1 aromatic carbocycles. The number of hydrogen-bond acceptors (Lipinski definition) is 2. The molecule has 0 fully saturated rings. The van der Waals surface area contributed by atoms with E-state index in [-0.39, 0.29) is 18.2 Å². The molecule has 1 rings (SSSR count). The molecule has 0 saturated carbocycles. The highest BCUT2D eigenvalue weighted by Crippen LogP contribution is 2.14. The van der Waals surface area contributed by atoms with Crippen molar-refractivity contribution in [3.8, 4) is 0 Å². The number of aryl methyl sites for hydroxylation is 1. The molecule has 88 valence electrons. The molecule has 0 N–H and O–H groups in total. The van der Waals surface area contributed by atoms with Crippen molar-refractivity contribution < 1.29 is 13.9 Å². The van der Waals surface area contributed by atoms with Crippen LogP contribution in [0.2, 0.25) is 0 Å². The summed E-state index contributed by atoms with van der Waals surface area (Å²) in [5.74, 6) is -0.491. The number of hydrogen-bond donors (Lipinski definition) is 0. The number of halogens is 1. The maximum atomic E-state index is 13.4. The molecule has 0 radical (unpaired) electrons. The van der Waals surface area contributed by atoms with Crippen molar-refractivity contribution in [2.45, 2.75) is 32.6 Å². The first kappa shape index (κ1) is 12.7. The lowest BCUT2D eigenvalue weighted by atomic mass is 10.0. The number of unbranched alkanes of at least 4 members (excludes halogenated alkanes) is 1. The highest BCUT2D eigenvalue weighted by molar-refractivity contribution is 5.72. The first-order valence-electron chi connectivity index (χ1n) is 5.51. The van der Waals surface area contributed by atoms with Gasteiger partial charge in [0.2, 0.25) is 0 Å². The third kappa shape index (κ3) is 3.65. The summed E-state index contributed by atoms with van der Waals surface area (Å²) in [6, 6.07) is 4.80. The fourth-order valence-electron chi connectivity index (χ4n) is 1.54. The fraction of sp³-hybridized carbons (Fsp3) is 0.462. The van der Waals surface area contributed by atoms with Gasteiger partial charge in [-0.05, 0) is 30.0 Å². The first-order chi connectivity index (χ1) is 7.67. The Bertz CT molecular complexity index is 361. The van der Waals surface area contributed by atoms with Crippen molar-refractivity contribution in [2.75, 3.05) is 7.11 Å². The van der Waals surface area contributed by atoms with Crippen LogP contribution in [0.5, 0.6) is 0 Å². The SMILES string of the molecule is CCCCc1cc(CC(=O)OC)ccc1F. The van der Waals surface area contributed by atoms with Gasteiger partial charge in [-0.15, -0.1) is 0 Å². The summed E-state index contributed by atoms with van der Waals surface area (Å²) in [6.07, 6.45) is 2.91. The van der Waals surface area contributed by atoms with Crippen molar-refractivity contribution in [3.63, 3.8) is 0 Å². The third-order valence-electron chi connectivity index (χ3n) is 2.49. The highest BCUT2D eigenvalue weighted by Gasteiger charge is 2.07. The Balaban J connectivity index is 2.76. The van der Waals surface area contributed by atoms with Gasteiger partial charge in [0.05, 0.1) is 13.5 Å². The van der Waals surface area contributed by atoms with E-state index in [0.29, 0.717) is 5.56 Å². The van der Waals surface area contributed by atoms with E-state index in [1.165, 1.54) is 13.2 Å². The van der Waals surface area contributed by atoms with Gasteiger partial charge in [-0.3, -0.25) is 4.79 Å². The van der Waals surface area contributed by atoms with Crippen LogP contribution in [0.25, 0.3) is 0 Å². The Labute approximate surface area is 95.4 Å². The smallest absolute Gasteiger partial charge is 0.309 e. The molecule has 0 aliphatic heterocycles. The zero-order valence-corrected chi connectivity index (χ0v) is 9.75. The van der Waals surface area contributed by atoms with Gasteiger partial charge in [0.25, 0.3) is 0 Å². The number of carbonyl (C=O) groups excluding carboxylic acids is 1. The summed E-state index contributed by atoms with van der Waals surface area (Å²) < 4.78 is 18.0. The maximum Gasteiger partial charge on any atom is 0.309 e. The monoisotopic (exact) mass is 224 g/mol. The topological polar surface area (TPSA) is 26.3 Å². The summed E-state index contributed by atoms with van der Waals surface area (Å²) in [5, 5.41) is 0. The molecule has 0 aliphatic rings. The predicted octanol–water partition coefficient (Wildman–Crippen LogP) is 2.88. The second kappa shape index (κ2) is 6.26. The van der Waals surface area contributed by atoms with Crippen molar-refractivity contribution in [1.82, 2.24) is 0 Å². The molecule has 0 atom stereocenters. The minimum atomic E-state index is -0.298. The molecule has 0 aromatic heterocycles. The van der Waals surface area contributed by atoms with E-state index in [2.05, 4.69) is 11.7 Å². The van der Waals surface area contributed by atoms with Crippen LogP contribution < -0.4 is 0 Å². The average Bonchev–Trinajstić information content (AvgIpc) is 2.29. The molecule has 0 unspecified atom stereocenters. The normalized spacial score (nSPS) is 10.2. The minimum Gasteiger partial charge on any atom is -0.469 e. The largest absolute Gasteiger partial charge is 0.469 e. The molecule has 2 nitrogen and oxygen atoms in total. The summed E-state index contributed by atoms with van der Waals surface area (Å²) in [6.45, 7) is 2.07. The number of rotatable bonds is 5. The van der Waals surface area contributed by atoms with Crippen LogP contribution >= 0.6 is 0 Å². The van der Waals surface area contributed by atoms with Crippen molar-refractivity contribution >= 4 is 5.97 Å². The maximum absolute atomic E-state index is 13.4. The molecule has 0 bridgehead atoms. The standard InChI is InChI=1S/C13H17FO2/c1-3-4-5-11-8-10(6-7-12(11)14)9-13(15)16-2/h6-8H,3-5,9H2,1-2H3. The van der Waals surface area contributed by atoms with Crippen molar-refractivity contribution in [1.29, 1.82) is 0 Å². The van der Waals surface area contributed by atoms with Gasteiger partial charge < -0.3 is 4.74 Å². The molecule has 16 heavy (non-hydrogen) atoms. The molecule has 0 heterocycles. The number of carbonyl (C=O) groups is 1. The lowest BCUT2D eigenvalue weighted by molar-refractivity contribution is -0.139.